The van der Waals surface area contributed by atoms with Crippen LogP contribution in [0.4, 0.5) is 17.1 Å². The summed E-state index contributed by atoms with van der Waals surface area (Å²) in [4.78, 5) is 25.2. The second-order valence-electron chi connectivity index (χ2n) is 6.52. The van der Waals surface area contributed by atoms with Crippen molar-refractivity contribution in [2.24, 2.45) is 5.14 Å². The Balaban J connectivity index is 1.98. The van der Waals surface area contributed by atoms with Crippen LogP contribution >= 0.6 is 0 Å². The van der Waals surface area contributed by atoms with Crippen molar-refractivity contribution < 1.29 is 22.9 Å². The Morgan fingerprint density at radius 2 is 1.90 bits per heavy atom. The van der Waals surface area contributed by atoms with Gasteiger partial charge in [-0.1, -0.05) is 0 Å². The number of anilines is 2. The molecule has 10 nitrogen and oxygen atoms in total. The topological polar surface area (TPSA) is 145 Å². The molecule has 0 saturated carbocycles. The zero-order valence-corrected chi connectivity index (χ0v) is 16.4. The Morgan fingerprint density at radius 3 is 2.48 bits per heavy atom. The van der Waals surface area contributed by atoms with E-state index in [1.165, 1.54) is 37.4 Å². The van der Waals surface area contributed by atoms with Crippen molar-refractivity contribution in [2.75, 3.05) is 30.4 Å². The highest BCUT2D eigenvalue weighted by molar-refractivity contribution is 7.89. The Kier molecular flexibility index (Phi) is 5.71. The van der Waals surface area contributed by atoms with E-state index >= 15 is 0 Å². The molecule has 3 N–H and O–H groups in total. The predicted octanol–water partition coefficient (Wildman–Crippen LogP) is 2.10. The summed E-state index contributed by atoms with van der Waals surface area (Å²) in [5.41, 5.74) is 0.677. The van der Waals surface area contributed by atoms with Crippen molar-refractivity contribution in [1.82, 2.24) is 0 Å². The van der Waals surface area contributed by atoms with Crippen LogP contribution < -0.4 is 20.1 Å². The third kappa shape index (κ3) is 4.46. The number of nitro benzene ring substituents is 1. The zero-order valence-electron chi connectivity index (χ0n) is 15.6. The summed E-state index contributed by atoms with van der Waals surface area (Å²) in [7, 11) is -2.78. The van der Waals surface area contributed by atoms with Gasteiger partial charge in [-0.3, -0.25) is 14.9 Å². The maximum atomic E-state index is 12.9. The number of rotatable bonds is 6. The van der Waals surface area contributed by atoms with Crippen LogP contribution in [0.2, 0.25) is 0 Å². The minimum Gasteiger partial charge on any atom is -0.495 e. The van der Waals surface area contributed by atoms with Gasteiger partial charge in [0, 0.05) is 30.9 Å². The molecule has 0 radical (unpaired) electrons. The van der Waals surface area contributed by atoms with Crippen LogP contribution in [0.5, 0.6) is 5.75 Å². The molecule has 0 atom stereocenters. The molecule has 2 aromatic rings. The molecule has 0 aliphatic carbocycles. The smallest absolute Gasteiger partial charge is 0.270 e. The number of carbonyl (C=O) groups is 1. The monoisotopic (exact) mass is 420 g/mol. The number of nitrogens with two attached hydrogens (primary N) is 1. The van der Waals surface area contributed by atoms with Gasteiger partial charge in [-0.2, -0.15) is 0 Å². The summed E-state index contributed by atoms with van der Waals surface area (Å²) in [6, 6.07) is 8.13. The lowest BCUT2D eigenvalue weighted by atomic mass is 10.1. The molecule has 0 bridgehead atoms. The lowest BCUT2D eigenvalue weighted by molar-refractivity contribution is -0.384. The molecule has 0 aromatic heterocycles. The van der Waals surface area contributed by atoms with Crippen molar-refractivity contribution in [1.29, 1.82) is 0 Å². The minimum atomic E-state index is -4.08. The molecule has 1 fully saturated rings. The van der Waals surface area contributed by atoms with E-state index in [4.69, 9.17) is 9.88 Å². The number of nitro groups is 1. The summed E-state index contributed by atoms with van der Waals surface area (Å²) in [6.45, 7) is 1.49. The number of benzene rings is 2. The maximum Gasteiger partial charge on any atom is 0.270 e. The van der Waals surface area contributed by atoms with Gasteiger partial charge in [0.2, 0.25) is 10.0 Å². The largest absolute Gasteiger partial charge is 0.495 e. The van der Waals surface area contributed by atoms with Gasteiger partial charge in [0.1, 0.15) is 10.6 Å². The van der Waals surface area contributed by atoms with Crippen LogP contribution in [0.1, 0.15) is 23.2 Å². The first kappa shape index (κ1) is 20.6. The van der Waals surface area contributed by atoms with Gasteiger partial charge in [0.05, 0.1) is 23.3 Å². The standard InChI is InChI=1S/C18H20N4O6S/c1-28-16-7-4-12(10-17(16)29(19,26)27)20-18(23)14-11-13(22(24)25)5-6-15(14)21-8-2-3-9-21/h4-7,10-11H,2-3,8-9H2,1H3,(H,20,23)(H2,19,26,27). The van der Waals surface area contributed by atoms with E-state index in [1.807, 2.05) is 4.90 Å². The number of non-ortho nitro benzene ring substituents is 1. The van der Waals surface area contributed by atoms with Crippen molar-refractivity contribution >= 4 is 33.0 Å². The lowest BCUT2D eigenvalue weighted by Crippen LogP contribution is -2.23. The van der Waals surface area contributed by atoms with Crippen molar-refractivity contribution in [3.8, 4) is 5.75 Å². The number of sulfonamides is 1. The molecule has 11 heteroatoms. The van der Waals surface area contributed by atoms with Gasteiger partial charge in [-0.15, -0.1) is 0 Å². The SMILES string of the molecule is COc1ccc(NC(=O)c2cc([N+](=O)[O-])ccc2N2CCCC2)cc1S(N)(=O)=O. The Labute approximate surface area is 167 Å². The number of methoxy groups -OCH3 is 1. The third-order valence-electron chi connectivity index (χ3n) is 4.61. The number of nitrogens with one attached hydrogen (secondary N) is 1. The van der Waals surface area contributed by atoms with Gasteiger partial charge in [0.25, 0.3) is 11.6 Å². The normalized spacial score (nSPS) is 13.9. The number of nitrogens with zero attached hydrogens (tertiary/aromatic N) is 2. The molecule has 154 valence electrons. The molecule has 0 unspecified atom stereocenters. The molecule has 29 heavy (non-hydrogen) atoms. The van der Waals surface area contributed by atoms with Crippen molar-refractivity contribution in [2.45, 2.75) is 17.7 Å². The van der Waals surface area contributed by atoms with E-state index in [9.17, 15) is 23.3 Å². The van der Waals surface area contributed by atoms with E-state index in [0.717, 1.165) is 25.9 Å². The summed E-state index contributed by atoms with van der Waals surface area (Å²) < 4.78 is 28.5. The average Bonchev–Trinajstić information content (AvgIpc) is 3.21. The molecule has 1 aliphatic rings. The van der Waals surface area contributed by atoms with E-state index in [-0.39, 0.29) is 27.6 Å². The highest BCUT2D eigenvalue weighted by Crippen LogP contribution is 2.30. The summed E-state index contributed by atoms with van der Waals surface area (Å²) >= 11 is 0. The van der Waals surface area contributed by atoms with Crippen LogP contribution in [-0.2, 0) is 10.0 Å². The van der Waals surface area contributed by atoms with E-state index in [1.54, 1.807) is 6.07 Å². The first-order valence-corrected chi connectivity index (χ1v) is 10.3. The van der Waals surface area contributed by atoms with Gasteiger partial charge >= 0.3 is 0 Å². The molecule has 2 aromatic carbocycles. The lowest BCUT2D eigenvalue weighted by Gasteiger charge is -2.21. The molecule has 1 saturated heterocycles. The minimum absolute atomic E-state index is 0.0404. The summed E-state index contributed by atoms with van der Waals surface area (Å²) in [5, 5.41) is 18.9. The fraction of sp³-hybridized carbons (Fsp3) is 0.278. The first-order valence-electron chi connectivity index (χ1n) is 8.76. The molecule has 0 spiro atoms. The second-order valence-corrected chi connectivity index (χ2v) is 8.05. The molecular weight excluding hydrogens is 400 g/mol. The molecule has 3 rings (SSSR count). The van der Waals surface area contributed by atoms with Crippen molar-refractivity contribution in [3.05, 3.63) is 52.1 Å². The van der Waals surface area contributed by atoms with Gasteiger partial charge < -0.3 is 15.0 Å². The number of carbonyl (C=O) groups excluding carboxylic acids is 1. The molecule has 1 heterocycles. The predicted molar refractivity (Wildman–Crippen MR) is 107 cm³/mol. The number of primary sulfonamides is 1. The fourth-order valence-electron chi connectivity index (χ4n) is 3.23. The summed E-state index contributed by atoms with van der Waals surface area (Å²) in [6.07, 6.45) is 1.93. The average molecular weight is 420 g/mol. The van der Waals surface area contributed by atoms with Crippen LogP contribution in [0, 0.1) is 10.1 Å². The van der Waals surface area contributed by atoms with Crippen LogP contribution in [0.25, 0.3) is 0 Å². The highest BCUT2D eigenvalue weighted by atomic mass is 32.2. The van der Waals surface area contributed by atoms with Gasteiger partial charge in [-0.05, 0) is 37.1 Å². The van der Waals surface area contributed by atoms with E-state index < -0.39 is 20.9 Å². The Hall–Kier alpha value is -3.18. The quantitative estimate of drug-likeness (QED) is 0.538. The Bertz CT molecular complexity index is 1060. The van der Waals surface area contributed by atoms with Gasteiger partial charge in [0.15, 0.2) is 0 Å². The number of hydrogen-bond donors (Lipinski definition) is 2. The number of hydrogen-bond acceptors (Lipinski definition) is 7. The van der Waals surface area contributed by atoms with Gasteiger partial charge in [-0.25, -0.2) is 13.6 Å². The van der Waals surface area contributed by atoms with E-state index in [2.05, 4.69) is 5.32 Å². The fourth-order valence-corrected chi connectivity index (χ4v) is 3.95. The first-order chi connectivity index (χ1) is 13.7. The van der Waals surface area contributed by atoms with Crippen LogP contribution in [-0.4, -0.2) is 39.4 Å². The second kappa shape index (κ2) is 8.05. The maximum absolute atomic E-state index is 12.9. The Morgan fingerprint density at radius 1 is 1.21 bits per heavy atom. The summed E-state index contributed by atoms with van der Waals surface area (Å²) in [5.74, 6) is -0.556. The number of amides is 1. The third-order valence-corrected chi connectivity index (χ3v) is 5.54. The molecule has 1 amide bonds. The zero-order chi connectivity index (χ0) is 21.2. The van der Waals surface area contributed by atoms with Crippen LogP contribution in [0.3, 0.4) is 0 Å². The highest BCUT2D eigenvalue weighted by Gasteiger charge is 2.23. The van der Waals surface area contributed by atoms with Crippen LogP contribution in [0.15, 0.2) is 41.3 Å². The van der Waals surface area contributed by atoms with E-state index in [0.29, 0.717) is 5.69 Å². The molecular formula is C18H20N4O6S. The van der Waals surface area contributed by atoms with Crippen molar-refractivity contribution in [3.63, 3.8) is 0 Å². The number of ether oxygens (including phenoxy) is 1. The molecule has 1 aliphatic heterocycles.